The van der Waals surface area contributed by atoms with Gasteiger partial charge in [-0.2, -0.15) is 0 Å². The van der Waals surface area contributed by atoms with Crippen molar-refractivity contribution in [3.05, 3.63) is 47.7 Å². The molecule has 0 fully saturated rings. The highest BCUT2D eigenvalue weighted by Gasteiger charge is 2.11. The van der Waals surface area contributed by atoms with E-state index in [4.69, 9.17) is 14.2 Å². The number of methoxy groups -OCH3 is 1. The molecule has 0 saturated heterocycles. The normalized spacial score (nSPS) is 9.91. The van der Waals surface area contributed by atoms with Crippen molar-refractivity contribution < 1.29 is 23.8 Å². The average molecular weight is 301 g/mol. The van der Waals surface area contributed by atoms with Gasteiger partial charge in [0.15, 0.2) is 12.0 Å². The first kappa shape index (κ1) is 15.5. The maximum atomic E-state index is 11.1. The number of hydrogen-bond donors (Lipinski definition) is 0. The molecular weight excluding hydrogens is 286 g/mol. The highest BCUT2D eigenvalue weighted by Crippen LogP contribution is 2.26. The minimum Gasteiger partial charge on any atom is -0.497 e. The quantitative estimate of drug-likeness (QED) is 0.602. The zero-order valence-electron chi connectivity index (χ0n) is 12.2. The number of rotatable bonds is 6. The van der Waals surface area contributed by atoms with Crippen molar-refractivity contribution in [2.45, 2.75) is 13.5 Å². The number of esters is 1. The van der Waals surface area contributed by atoms with E-state index in [9.17, 15) is 9.59 Å². The maximum absolute atomic E-state index is 11.1. The predicted octanol–water partition coefficient (Wildman–Crippen LogP) is 2.41. The number of carbonyl (C=O) groups excluding carboxylic acids is 2. The number of aldehydes is 1. The second-order valence-corrected chi connectivity index (χ2v) is 4.39. The van der Waals surface area contributed by atoms with E-state index in [0.717, 1.165) is 11.3 Å². The van der Waals surface area contributed by atoms with Gasteiger partial charge in [0, 0.05) is 6.92 Å². The Hall–Kier alpha value is -2.89. The van der Waals surface area contributed by atoms with E-state index >= 15 is 0 Å². The molecule has 0 amide bonds. The summed E-state index contributed by atoms with van der Waals surface area (Å²) in [6.07, 6.45) is 0.570. The van der Waals surface area contributed by atoms with E-state index < -0.39 is 5.97 Å². The molecule has 0 N–H and O–H groups in total. The number of hydrogen-bond acceptors (Lipinski definition) is 6. The lowest BCUT2D eigenvalue weighted by Gasteiger charge is -2.10. The van der Waals surface area contributed by atoms with Gasteiger partial charge >= 0.3 is 5.97 Å². The van der Waals surface area contributed by atoms with Gasteiger partial charge in [-0.1, -0.05) is 12.1 Å². The van der Waals surface area contributed by atoms with E-state index in [0.29, 0.717) is 6.29 Å². The van der Waals surface area contributed by atoms with Crippen LogP contribution in [0, 0.1) is 0 Å². The van der Waals surface area contributed by atoms with E-state index in [-0.39, 0.29) is 23.9 Å². The monoisotopic (exact) mass is 301 g/mol. The van der Waals surface area contributed by atoms with Crippen molar-refractivity contribution in [1.29, 1.82) is 0 Å². The van der Waals surface area contributed by atoms with Crippen LogP contribution in [0.25, 0.3) is 0 Å². The first-order valence-electron chi connectivity index (χ1n) is 6.52. The molecule has 0 unspecified atom stereocenters. The van der Waals surface area contributed by atoms with Crippen LogP contribution in [0.2, 0.25) is 0 Å². The number of ether oxygens (including phenoxy) is 3. The first-order valence-corrected chi connectivity index (χ1v) is 6.52. The lowest BCUT2D eigenvalue weighted by Crippen LogP contribution is -2.07. The van der Waals surface area contributed by atoms with E-state index in [2.05, 4.69) is 4.98 Å². The molecule has 2 aromatic rings. The Balaban J connectivity index is 2.13. The fourth-order valence-corrected chi connectivity index (χ4v) is 1.71. The summed E-state index contributed by atoms with van der Waals surface area (Å²) in [5, 5.41) is 0. The van der Waals surface area contributed by atoms with Crippen LogP contribution < -0.4 is 14.2 Å². The summed E-state index contributed by atoms with van der Waals surface area (Å²) >= 11 is 0. The van der Waals surface area contributed by atoms with Gasteiger partial charge in [0.2, 0.25) is 0 Å². The molecule has 114 valence electrons. The standard InChI is InChI=1S/C16H15NO5/c1-11(19)22-16-15(8-5-13(9-18)17-16)21-10-12-3-6-14(20-2)7-4-12/h3-9H,10H2,1-2H3. The average Bonchev–Trinajstić information content (AvgIpc) is 2.53. The Labute approximate surface area is 127 Å². The number of carbonyl (C=O) groups is 2. The zero-order valence-corrected chi connectivity index (χ0v) is 12.2. The SMILES string of the molecule is COc1ccc(COc2ccc(C=O)nc2OC(C)=O)cc1. The largest absolute Gasteiger partial charge is 0.497 e. The summed E-state index contributed by atoms with van der Waals surface area (Å²) in [7, 11) is 1.59. The van der Waals surface area contributed by atoms with Crippen LogP contribution in [0.1, 0.15) is 23.0 Å². The first-order chi connectivity index (χ1) is 10.6. The molecule has 22 heavy (non-hydrogen) atoms. The Morgan fingerprint density at radius 2 is 1.91 bits per heavy atom. The van der Waals surface area contributed by atoms with Gasteiger partial charge in [-0.15, -0.1) is 0 Å². The third-order valence-electron chi connectivity index (χ3n) is 2.76. The van der Waals surface area contributed by atoms with Crippen LogP contribution >= 0.6 is 0 Å². The molecule has 0 atom stereocenters. The maximum Gasteiger partial charge on any atom is 0.309 e. The fraction of sp³-hybridized carbons (Fsp3) is 0.188. The summed E-state index contributed by atoms with van der Waals surface area (Å²) < 4.78 is 15.6. The highest BCUT2D eigenvalue weighted by atomic mass is 16.6. The van der Waals surface area contributed by atoms with Crippen molar-refractivity contribution >= 4 is 12.3 Å². The summed E-state index contributed by atoms with van der Waals surface area (Å²) in [4.78, 5) is 25.7. The molecule has 1 heterocycles. The Morgan fingerprint density at radius 3 is 2.50 bits per heavy atom. The molecule has 0 aliphatic heterocycles. The molecular formula is C16H15NO5. The zero-order chi connectivity index (χ0) is 15.9. The topological polar surface area (TPSA) is 74.7 Å². The van der Waals surface area contributed by atoms with Crippen molar-refractivity contribution in [1.82, 2.24) is 4.98 Å². The van der Waals surface area contributed by atoms with Gasteiger partial charge in [-0.25, -0.2) is 4.98 Å². The van der Waals surface area contributed by atoms with Crippen molar-refractivity contribution in [3.63, 3.8) is 0 Å². The van der Waals surface area contributed by atoms with Gasteiger partial charge in [-0.3, -0.25) is 9.59 Å². The minimum absolute atomic E-state index is 0.0226. The number of pyridine rings is 1. The molecule has 0 aliphatic rings. The van der Waals surface area contributed by atoms with Gasteiger partial charge in [-0.05, 0) is 29.8 Å². The van der Waals surface area contributed by atoms with Crippen LogP contribution in [-0.4, -0.2) is 24.3 Å². The Morgan fingerprint density at radius 1 is 1.18 bits per heavy atom. The molecule has 1 aromatic carbocycles. The highest BCUT2D eigenvalue weighted by molar-refractivity contribution is 5.74. The van der Waals surface area contributed by atoms with Gasteiger partial charge in [0.05, 0.1) is 7.11 Å². The fourth-order valence-electron chi connectivity index (χ4n) is 1.71. The number of aromatic nitrogens is 1. The van der Waals surface area contributed by atoms with E-state index in [1.807, 2.05) is 24.3 Å². The molecule has 6 nitrogen and oxygen atoms in total. The number of benzene rings is 1. The summed E-state index contributed by atoms with van der Waals surface area (Å²) in [5.41, 5.74) is 1.07. The van der Waals surface area contributed by atoms with Crippen molar-refractivity contribution in [3.8, 4) is 17.4 Å². The molecule has 0 saturated carbocycles. The Kier molecular flexibility index (Phi) is 5.08. The number of nitrogens with zero attached hydrogens (tertiary/aromatic N) is 1. The third kappa shape index (κ3) is 4.05. The van der Waals surface area contributed by atoms with E-state index in [1.165, 1.54) is 13.0 Å². The molecule has 1 aromatic heterocycles. The summed E-state index contributed by atoms with van der Waals surface area (Å²) in [6, 6.07) is 10.4. The second-order valence-electron chi connectivity index (χ2n) is 4.39. The molecule has 0 aliphatic carbocycles. The summed E-state index contributed by atoms with van der Waals surface area (Å²) in [5.74, 6) is 0.480. The van der Waals surface area contributed by atoms with Gasteiger partial charge in [0.25, 0.3) is 5.88 Å². The Bertz CT molecular complexity index is 667. The lowest BCUT2D eigenvalue weighted by molar-refractivity contribution is -0.132. The lowest BCUT2D eigenvalue weighted by atomic mass is 10.2. The van der Waals surface area contributed by atoms with Crippen LogP contribution in [0.15, 0.2) is 36.4 Å². The second kappa shape index (κ2) is 7.21. The van der Waals surface area contributed by atoms with Crippen LogP contribution in [0.5, 0.6) is 17.4 Å². The smallest absolute Gasteiger partial charge is 0.309 e. The molecule has 0 spiro atoms. The third-order valence-corrected chi connectivity index (χ3v) is 2.76. The van der Waals surface area contributed by atoms with Crippen molar-refractivity contribution in [2.24, 2.45) is 0 Å². The van der Waals surface area contributed by atoms with Gasteiger partial charge < -0.3 is 14.2 Å². The van der Waals surface area contributed by atoms with Crippen LogP contribution in [0.3, 0.4) is 0 Å². The van der Waals surface area contributed by atoms with Crippen LogP contribution in [0.4, 0.5) is 0 Å². The molecule has 6 heteroatoms. The van der Waals surface area contributed by atoms with Crippen molar-refractivity contribution in [2.75, 3.05) is 7.11 Å². The predicted molar refractivity (Wildman–Crippen MR) is 78.3 cm³/mol. The minimum atomic E-state index is -0.537. The molecule has 0 bridgehead atoms. The molecule has 0 radical (unpaired) electrons. The molecule has 2 rings (SSSR count). The summed E-state index contributed by atoms with van der Waals surface area (Å²) in [6.45, 7) is 1.52. The van der Waals surface area contributed by atoms with Crippen LogP contribution in [-0.2, 0) is 11.4 Å². The van der Waals surface area contributed by atoms with E-state index in [1.54, 1.807) is 13.2 Å². The van der Waals surface area contributed by atoms with Gasteiger partial charge in [0.1, 0.15) is 18.1 Å².